The highest BCUT2D eigenvalue weighted by Crippen LogP contribution is 2.67. The SMILES string of the molecule is COc1ccc2c3c1O[C@H]1C(=O)C(C)(C)CC4(O)C(C2)N(CC2CC2)CCC314. The van der Waals surface area contributed by atoms with Gasteiger partial charge in [0.05, 0.1) is 18.1 Å². The Balaban J connectivity index is 1.59. The molecule has 5 aliphatic rings. The number of piperidine rings is 1. The van der Waals surface area contributed by atoms with Crippen molar-refractivity contribution in [1.29, 1.82) is 0 Å². The van der Waals surface area contributed by atoms with E-state index in [1.165, 1.54) is 18.4 Å². The van der Waals surface area contributed by atoms with Crippen molar-refractivity contribution in [3.8, 4) is 11.5 Å². The predicted octanol–water partition coefficient (Wildman–Crippen LogP) is 2.46. The summed E-state index contributed by atoms with van der Waals surface area (Å²) < 4.78 is 12.0. The number of carbonyl (C=O) groups excluding carboxylic acids is 1. The van der Waals surface area contributed by atoms with Crippen molar-refractivity contribution in [3.63, 3.8) is 0 Å². The molecule has 6 rings (SSSR count). The molecule has 2 aliphatic heterocycles. The first-order chi connectivity index (χ1) is 13.3. The van der Waals surface area contributed by atoms with Gasteiger partial charge in [0.15, 0.2) is 23.4 Å². The number of hydrogen-bond acceptors (Lipinski definition) is 5. The van der Waals surface area contributed by atoms with Crippen LogP contribution < -0.4 is 9.47 Å². The molecule has 0 radical (unpaired) electrons. The highest BCUT2D eigenvalue weighted by Gasteiger charge is 2.76. The topological polar surface area (TPSA) is 59.0 Å². The maximum Gasteiger partial charge on any atom is 0.180 e. The van der Waals surface area contributed by atoms with Gasteiger partial charge in [0, 0.05) is 23.6 Å². The van der Waals surface area contributed by atoms with Crippen molar-refractivity contribution in [2.45, 2.75) is 69.1 Å². The molecule has 150 valence electrons. The summed E-state index contributed by atoms with van der Waals surface area (Å²) in [5.74, 6) is 2.27. The monoisotopic (exact) mass is 383 g/mol. The largest absolute Gasteiger partial charge is 0.493 e. The number of aliphatic hydroxyl groups is 1. The summed E-state index contributed by atoms with van der Waals surface area (Å²) in [6.07, 6.45) is 4.09. The van der Waals surface area contributed by atoms with Crippen LogP contribution in [-0.4, -0.2) is 53.7 Å². The Hall–Kier alpha value is -1.59. The molecular formula is C23H29NO4. The molecule has 3 fully saturated rings. The summed E-state index contributed by atoms with van der Waals surface area (Å²) in [6, 6.07) is 4.14. The van der Waals surface area contributed by atoms with E-state index in [0.29, 0.717) is 17.9 Å². The first-order valence-electron chi connectivity index (χ1n) is 10.7. The highest BCUT2D eigenvalue weighted by atomic mass is 16.5. The van der Waals surface area contributed by atoms with Crippen LogP contribution >= 0.6 is 0 Å². The summed E-state index contributed by atoms with van der Waals surface area (Å²) in [7, 11) is 1.64. The first-order valence-corrected chi connectivity index (χ1v) is 10.7. The van der Waals surface area contributed by atoms with Crippen LogP contribution in [0, 0.1) is 11.3 Å². The summed E-state index contributed by atoms with van der Waals surface area (Å²) in [4.78, 5) is 16.0. The number of carbonyl (C=O) groups is 1. The van der Waals surface area contributed by atoms with Gasteiger partial charge in [-0.3, -0.25) is 9.69 Å². The van der Waals surface area contributed by atoms with Gasteiger partial charge in [0.2, 0.25) is 0 Å². The smallest absolute Gasteiger partial charge is 0.180 e. The van der Waals surface area contributed by atoms with Gasteiger partial charge in [0.1, 0.15) is 0 Å². The van der Waals surface area contributed by atoms with Crippen molar-refractivity contribution in [2.24, 2.45) is 11.3 Å². The average molecular weight is 383 g/mol. The maximum atomic E-state index is 13.5. The van der Waals surface area contributed by atoms with E-state index in [-0.39, 0.29) is 11.8 Å². The van der Waals surface area contributed by atoms with Crippen molar-refractivity contribution >= 4 is 5.78 Å². The van der Waals surface area contributed by atoms with Crippen LogP contribution in [0.5, 0.6) is 11.5 Å². The fourth-order valence-corrected chi connectivity index (χ4v) is 6.91. The molecule has 1 saturated heterocycles. The zero-order chi connectivity index (χ0) is 19.5. The minimum atomic E-state index is -0.952. The number of ketones is 1. The number of Topliss-reactive ketones (excluding diaryl/α,β-unsaturated/α-hetero) is 1. The molecule has 4 atom stereocenters. The molecule has 1 N–H and O–H groups in total. The molecule has 0 amide bonds. The summed E-state index contributed by atoms with van der Waals surface area (Å²) in [5, 5.41) is 12.4. The van der Waals surface area contributed by atoms with E-state index in [0.717, 1.165) is 37.4 Å². The lowest BCUT2D eigenvalue weighted by atomic mass is 9.45. The third kappa shape index (κ3) is 1.83. The summed E-state index contributed by atoms with van der Waals surface area (Å²) in [5.41, 5.74) is 0.0945. The molecule has 0 aromatic heterocycles. The lowest BCUT2D eigenvalue weighted by molar-refractivity contribution is -0.206. The molecule has 1 aromatic carbocycles. The third-order valence-corrected chi connectivity index (χ3v) is 8.33. The van der Waals surface area contributed by atoms with Gasteiger partial charge in [-0.1, -0.05) is 19.9 Å². The van der Waals surface area contributed by atoms with Crippen LogP contribution in [-0.2, 0) is 16.6 Å². The Morgan fingerprint density at radius 3 is 2.82 bits per heavy atom. The molecule has 1 aromatic rings. The standard InChI is InChI=1S/C23H29NO4/c1-21(2)12-23(26)16-10-14-6-7-15(27-3)18-17(14)22(23,20(28-18)19(21)25)8-9-24(16)11-13-4-5-13/h6-7,13,16,20,26H,4-5,8-12H2,1-3H3/t16?,20-,22?,23?/m0/s1. The van der Waals surface area contributed by atoms with E-state index >= 15 is 0 Å². The predicted molar refractivity (Wildman–Crippen MR) is 104 cm³/mol. The number of ether oxygens (including phenoxy) is 2. The molecule has 28 heavy (non-hydrogen) atoms. The Kier molecular flexibility index (Phi) is 3.16. The number of hydrogen-bond donors (Lipinski definition) is 1. The van der Waals surface area contributed by atoms with Crippen molar-refractivity contribution < 1.29 is 19.4 Å². The summed E-state index contributed by atoms with van der Waals surface area (Å²) >= 11 is 0. The van der Waals surface area contributed by atoms with Gasteiger partial charge in [-0.2, -0.15) is 0 Å². The quantitative estimate of drug-likeness (QED) is 0.869. The maximum absolute atomic E-state index is 13.5. The molecule has 2 bridgehead atoms. The molecule has 5 heteroatoms. The Morgan fingerprint density at radius 2 is 2.11 bits per heavy atom. The van der Waals surface area contributed by atoms with Crippen LogP contribution in [0.25, 0.3) is 0 Å². The Bertz CT molecular complexity index is 891. The van der Waals surface area contributed by atoms with Crippen LogP contribution in [0.3, 0.4) is 0 Å². The zero-order valence-electron chi connectivity index (χ0n) is 17.0. The van der Waals surface area contributed by atoms with Crippen LogP contribution in [0.15, 0.2) is 12.1 Å². The molecular weight excluding hydrogens is 354 g/mol. The van der Waals surface area contributed by atoms with E-state index in [9.17, 15) is 9.90 Å². The normalized spacial score (nSPS) is 40.1. The van der Waals surface area contributed by atoms with Crippen molar-refractivity contribution in [2.75, 3.05) is 20.2 Å². The average Bonchev–Trinajstić information content (AvgIpc) is 3.38. The van der Waals surface area contributed by atoms with E-state index < -0.39 is 22.5 Å². The minimum Gasteiger partial charge on any atom is -0.493 e. The molecule has 2 saturated carbocycles. The fourth-order valence-electron chi connectivity index (χ4n) is 6.91. The molecule has 3 unspecified atom stereocenters. The minimum absolute atomic E-state index is 0.0483. The van der Waals surface area contributed by atoms with Crippen molar-refractivity contribution in [1.82, 2.24) is 4.90 Å². The van der Waals surface area contributed by atoms with E-state index in [1.54, 1.807) is 7.11 Å². The number of nitrogens with zero attached hydrogens (tertiary/aromatic N) is 1. The number of benzene rings is 1. The van der Waals surface area contributed by atoms with Gasteiger partial charge in [-0.05, 0) is 56.2 Å². The number of rotatable bonds is 3. The van der Waals surface area contributed by atoms with Gasteiger partial charge in [0.25, 0.3) is 0 Å². The van der Waals surface area contributed by atoms with Crippen LogP contribution in [0.2, 0.25) is 0 Å². The second-order valence-corrected chi connectivity index (χ2v) is 10.4. The first kappa shape index (κ1) is 17.3. The van der Waals surface area contributed by atoms with E-state index in [2.05, 4.69) is 11.0 Å². The van der Waals surface area contributed by atoms with Gasteiger partial charge in [-0.25, -0.2) is 0 Å². The van der Waals surface area contributed by atoms with E-state index in [4.69, 9.17) is 9.47 Å². The second kappa shape index (κ2) is 5.11. The van der Waals surface area contributed by atoms with E-state index in [1.807, 2.05) is 19.9 Å². The second-order valence-electron chi connectivity index (χ2n) is 10.4. The fraction of sp³-hybridized carbons (Fsp3) is 0.696. The molecule has 3 aliphatic carbocycles. The van der Waals surface area contributed by atoms with Crippen molar-refractivity contribution in [3.05, 3.63) is 23.3 Å². The Morgan fingerprint density at radius 1 is 1.32 bits per heavy atom. The lowest BCUT2D eigenvalue weighted by Crippen LogP contribution is -2.79. The zero-order valence-corrected chi connectivity index (χ0v) is 17.0. The molecule has 2 heterocycles. The highest BCUT2D eigenvalue weighted by molar-refractivity contribution is 5.94. The Labute approximate surface area is 166 Å². The molecule has 5 nitrogen and oxygen atoms in total. The van der Waals surface area contributed by atoms with Crippen LogP contribution in [0.4, 0.5) is 0 Å². The van der Waals surface area contributed by atoms with Gasteiger partial charge in [-0.15, -0.1) is 0 Å². The number of methoxy groups -OCH3 is 1. The van der Waals surface area contributed by atoms with Gasteiger partial charge < -0.3 is 14.6 Å². The third-order valence-electron chi connectivity index (χ3n) is 8.33. The van der Waals surface area contributed by atoms with Gasteiger partial charge >= 0.3 is 0 Å². The van der Waals surface area contributed by atoms with Crippen LogP contribution in [0.1, 0.15) is 50.7 Å². The summed E-state index contributed by atoms with van der Waals surface area (Å²) in [6.45, 7) is 5.94. The molecule has 1 spiro atoms. The lowest BCUT2D eigenvalue weighted by Gasteiger charge is -2.64. The number of likely N-dealkylation sites (tertiary alicyclic amines) is 1.